The maximum atomic E-state index is 11.7. The summed E-state index contributed by atoms with van der Waals surface area (Å²) in [5.74, 6) is 0.264. The van der Waals surface area contributed by atoms with Crippen molar-refractivity contribution in [2.75, 3.05) is 18.5 Å². The van der Waals surface area contributed by atoms with E-state index in [1.807, 2.05) is 18.2 Å². The Balaban J connectivity index is 1.85. The summed E-state index contributed by atoms with van der Waals surface area (Å²) in [4.78, 5) is 9.74. The van der Waals surface area contributed by atoms with Gasteiger partial charge in [-0.15, -0.1) is 0 Å². The van der Waals surface area contributed by atoms with Crippen LogP contribution >= 0.6 is 0 Å². The Labute approximate surface area is 141 Å². The molecule has 3 aromatic rings. The van der Waals surface area contributed by atoms with Crippen LogP contribution in [0.3, 0.4) is 0 Å². The van der Waals surface area contributed by atoms with E-state index < -0.39 is 10.0 Å². The number of rotatable bonds is 5. The molecule has 0 aliphatic heterocycles. The Morgan fingerprint density at radius 3 is 2.54 bits per heavy atom. The van der Waals surface area contributed by atoms with Gasteiger partial charge in [-0.1, -0.05) is 42.5 Å². The minimum Gasteiger partial charge on any atom is -0.357 e. The van der Waals surface area contributed by atoms with E-state index in [2.05, 4.69) is 34.2 Å². The van der Waals surface area contributed by atoms with Crippen molar-refractivity contribution in [3.63, 3.8) is 0 Å². The predicted octanol–water partition coefficient (Wildman–Crippen LogP) is 1.96. The molecule has 0 unspecified atom stereocenters. The van der Waals surface area contributed by atoms with Crippen molar-refractivity contribution in [1.29, 1.82) is 0 Å². The summed E-state index contributed by atoms with van der Waals surface area (Å²) in [5.41, 5.74) is 1.20. The van der Waals surface area contributed by atoms with E-state index >= 15 is 0 Å². The first-order valence-corrected chi connectivity index (χ1v) is 9.03. The lowest BCUT2D eigenvalue weighted by atomic mass is 10.0. The highest BCUT2D eigenvalue weighted by Crippen LogP contribution is 2.21. The largest absolute Gasteiger partial charge is 0.357 e. The van der Waals surface area contributed by atoms with E-state index in [0.717, 1.165) is 6.42 Å². The molecule has 0 saturated carbocycles. The van der Waals surface area contributed by atoms with Gasteiger partial charge in [-0.3, -0.25) is 0 Å². The van der Waals surface area contributed by atoms with Gasteiger partial charge in [0, 0.05) is 26.0 Å². The van der Waals surface area contributed by atoms with Crippen LogP contribution in [-0.2, 0) is 16.4 Å². The van der Waals surface area contributed by atoms with Crippen LogP contribution in [0.5, 0.6) is 0 Å². The van der Waals surface area contributed by atoms with Crippen LogP contribution < -0.4 is 10.0 Å². The lowest BCUT2D eigenvalue weighted by molar-refractivity contribution is 0.593. The Morgan fingerprint density at radius 1 is 1.04 bits per heavy atom. The van der Waals surface area contributed by atoms with Crippen LogP contribution in [-0.4, -0.2) is 32.0 Å². The average Bonchev–Trinajstić information content (AvgIpc) is 2.59. The maximum absolute atomic E-state index is 11.7. The number of aromatic nitrogens is 2. The van der Waals surface area contributed by atoms with Gasteiger partial charge < -0.3 is 4.90 Å². The fourth-order valence-electron chi connectivity index (χ4n) is 2.69. The van der Waals surface area contributed by atoms with Gasteiger partial charge in [0.05, 0.1) is 0 Å². The Bertz CT molecular complexity index is 968. The van der Waals surface area contributed by atoms with E-state index in [1.54, 1.807) is 11.9 Å². The number of sulfonamides is 1. The molecule has 3 rings (SSSR count). The Kier molecular flexibility index (Phi) is 4.46. The number of fused-ring (bicyclic) bond motifs is 1. The van der Waals surface area contributed by atoms with Gasteiger partial charge >= 0.3 is 0 Å². The van der Waals surface area contributed by atoms with E-state index in [1.165, 1.54) is 28.7 Å². The van der Waals surface area contributed by atoms with Gasteiger partial charge in [-0.05, 0) is 22.8 Å². The van der Waals surface area contributed by atoms with Crippen molar-refractivity contribution in [1.82, 2.24) is 9.97 Å². The summed E-state index contributed by atoms with van der Waals surface area (Å²) in [6.45, 7) is 0.592. The molecule has 0 amide bonds. The standard InChI is InChI=1S/C17H18N4O2S/c1-21(16-17(24(18,22)23)20-11-10-19-16)12-9-14-7-4-6-13-5-2-3-8-15(13)14/h2-8,10-11H,9,12H2,1H3,(H2,18,22,23). The van der Waals surface area contributed by atoms with E-state index in [4.69, 9.17) is 5.14 Å². The molecule has 0 fully saturated rings. The molecule has 2 N–H and O–H groups in total. The van der Waals surface area contributed by atoms with Crippen LogP contribution in [0.4, 0.5) is 5.82 Å². The Morgan fingerprint density at radius 2 is 1.75 bits per heavy atom. The molecule has 124 valence electrons. The molecule has 0 bridgehead atoms. The number of hydrogen-bond donors (Lipinski definition) is 1. The van der Waals surface area contributed by atoms with Crippen LogP contribution in [0.1, 0.15) is 5.56 Å². The zero-order valence-electron chi connectivity index (χ0n) is 13.3. The van der Waals surface area contributed by atoms with Crippen molar-refractivity contribution in [3.8, 4) is 0 Å². The minimum absolute atomic E-state index is 0.203. The molecule has 0 radical (unpaired) electrons. The van der Waals surface area contributed by atoms with Crippen molar-refractivity contribution in [2.45, 2.75) is 11.4 Å². The number of nitrogens with zero attached hydrogens (tertiary/aromatic N) is 3. The molecule has 1 heterocycles. The molecule has 1 aromatic heterocycles. The zero-order chi connectivity index (χ0) is 17.2. The molecule has 0 aliphatic carbocycles. The predicted molar refractivity (Wildman–Crippen MR) is 94.3 cm³/mol. The lowest BCUT2D eigenvalue weighted by Gasteiger charge is -2.20. The van der Waals surface area contributed by atoms with Gasteiger partial charge in [0.1, 0.15) is 0 Å². The first-order chi connectivity index (χ1) is 11.5. The molecular formula is C17H18N4O2S. The third-order valence-electron chi connectivity index (χ3n) is 3.87. The average molecular weight is 342 g/mol. The minimum atomic E-state index is -3.91. The number of benzene rings is 2. The molecule has 2 aromatic carbocycles. The lowest BCUT2D eigenvalue weighted by Crippen LogP contribution is -2.26. The normalized spacial score (nSPS) is 11.6. The third-order valence-corrected chi connectivity index (χ3v) is 4.70. The molecule has 0 saturated heterocycles. The molecule has 0 aliphatic rings. The van der Waals surface area contributed by atoms with Crippen molar-refractivity contribution >= 4 is 26.6 Å². The second kappa shape index (κ2) is 6.54. The van der Waals surface area contributed by atoms with E-state index in [9.17, 15) is 8.42 Å². The summed E-state index contributed by atoms with van der Waals surface area (Å²) in [6.07, 6.45) is 3.53. The highest BCUT2D eigenvalue weighted by Gasteiger charge is 2.19. The second-order valence-corrected chi connectivity index (χ2v) is 7.02. The van der Waals surface area contributed by atoms with Crippen molar-refractivity contribution in [3.05, 3.63) is 60.4 Å². The smallest absolute Gasteiger partial charge is 0.259 e. The third kappa shape index (κ3) is 3.37. The topological polar surface area (TPSA) is 89.2 Å². The van der Waals surface area contributed by atoms with Crippen LogP contribution in [0, 0.1) is 0 Å². The summed E-state index contributed by atoms with van der Waals surface area (Å²) in [6, 6.07) is 14.4. The number of likely N-dealkylation sites (N-methyl/N-ethyl adjacent to an activating group) is 1. The SMILES string of the molecule is CN(CCc1cccc2ccccc12)c1nccnc1S(N)(=O)=O. The van der Waals surface area contributed by atoms with Crippen LogP contribution in [0.25, 0.3) is 10.8 Å². The first kappa shape index (κ1) is 16.4. The molecule has 24 heavy (non-hydrogen) atoms. The van der Waals surface area contributed by atoms with Crippen molar-refractivity contribution in [2.24, 2.45) is 5.14 Å². The highest BCUT2D eigenvalue weighted by molar-refractivity contribution is 7.89. The van der Waals surface area contributed by atoms with Gasteiger partial charge in [-0.25, -0.2) is 23.5 Å². The quantitative estimate of drug-likeness (QED) is 0.765. The van der Waals surface area contributed by atoms with Gasteiger partial charge in [-0.2, -0.15) is 0 Å². The fourth-order valence-corrected chi connectivity index (χ4v) is 3.36. The summed E-state index contributed by atoms with van der Waals surface area (Å²) >= 11 is 0. The maximum Gasteiger partial charge on any atom is 0.259 e. The first-order valence-electron chi connectivity index (χ1n) is 7.48. The summed E-state index contributed by atoms with van der Waals surface area (Å²) < 4.78 is 23.3. The van der Waals surface area contributed by atoms with Gasteiger partial charge in [0.15, 0.2) is 5.82 Å². The highest BCUT2D eigenvalue weighted by atomic mass is 32.2. The van der Waals surface area contributed by atoms with Crippen molar-refractivity contribution < 1.29 is 8.42 Å². The monoisotopic (exact) mass is 342 g/mol. The zero-order valence-corrected chi connectivity index (χ0v) is 14.1. The fraction of sp³-hybridized carbons (Fsp3) is 0.176. The van der Waals surface area contributed by atoms with E-state index in [-0.39, 0.29) is 10.8 Å². The van der Waals surface area contributed by atoms with Gasteiger partial charge in [0.25, 0.3) is 10.0 Å². The van der Waals surface area contributed by atoms with E-state index in [0.29, 0.717) is 6.54 Å². The second-order valence-electron chi connectivity index (χ2n) is 5.54. The molecular weight excluding hydrogens is 324 g/mol. The molecule has 6 nitrogen and oxygen atoms in total. The Hall–Kier alpha value is -2.51. The van der Waals surface area contributed by atoms with Crippen LogP contribution in [0.15, 0.2) is 59.9 Å². The van der Waals surface area contributed by atoms with Crippen LogP contribution in [0.2, 0.25) is 0 Å². The molecule has 0 spiro atoms. The van der Waals surface area contributed by atoms with Gasteiger partial charge in [0.2, 0.25) is 5.03 Å². The number of hydrogen-bond acceptors (Lipinski definition) is 5. The summed E-state index contributed by atoms with van der Waals surface area (Å²) in [7, 11) is -2.13. The summed E-state index contributed by atoms with van der Waals surface area (Å²) in [5, 5.41) is 7.39. The number of nitrogens with two attached hydrogens (primary N) is 1. The number of primary sulfonamides is 1. The molecule has 0 atom stereocenters. The molecule has 7 heteroatoms. The number of anilines is 1.